The number of halogens is 1. The normalized spacial score (nSPS) is 11.5. The van der Waals surface area contributed by atoms with Crippen LogP contribution in [-0.4, -0.2) is 12.3 Å². The van der Waals surface area contributed by atoms with Crippen LogP contribution in [0.25, 0.3) is 0 Å². The number of benzene rings is 1. The van der Waals surface area contributed by atoms with E-state index in [9.17, 15) is 4.39 Å². The van der Waals surface area contributed by atoms with Crippen molar-refractivity contribution < 1.29 is 14.3 Å². The summed E-state index contributed by atoms with van der Waals surface area (Å²) >= 11 is 0. The number of methoxy groups -OCH3 is 1. The molecule has 0 saturated carbocycles. The van der Waals surface area contributed by atoms with Crippen molar-refractivity contribution in [2.45, 2.75) is 26.1 Å². The first kappa shape index (κ1) is 11.9. The van der Waals surface area contributed by atoms with Gasteiger partial charge in [0, 0.05) is 12.1 Å². The van der Waals surface area contributed by atoms with Crippen LogP contribution in [0.3, 0.4) is 0 Å². The van der Waals surface area contributed by atoms with E-state index in [1.165, 1.54) is 21.0 Å². The van der Waals surface area contributed by atoms with E-state index >= 15 is 0 Å². The van der Waals surface area contributed by atoms with Crippen molar-refractivity contribution in [1.82, 2.24) is 5.48 Å². The maximum absolute atomic E-state index is 13.7. The predicted molar refractivity (Wildman–Crippen MR) is 55.8 cm³/mol. The fraction of sp³-hybridized carbons (Fsp3) is 0.455. The molecule has 0 bridgehead atoms. The molecule has 0 amide bonds. The van der Waals surface area contributed by atoms with Crippen LogP contribution in [0, 0.1) is 0 Å². The molecule has 0 spiro atoms. The Labute approximate surface area is 88.8 Å². The summed E-state index contributed by atoms with van der Waals surface area (Å²) in [7, 11) is 1.54. The fourth-order valence-corrected chi connectivity index (χ4v) is 1.37. The molecule has 2 N–H and O–H groups in total. The molecule has 0 unspecified atom stereocenters. The van der Waals surface area contributed by atoms with Crippen molar-refractivity contribution in [3.8, 4) is 5.75 Å². The van der Waals surface area contributed by atoms with Gasteiger partial charge in [-0.3, -0.25) is 0 Å². The lowest BCUT2D eigenvalue weighted by Crippen LogP contribution is -2.12. The van der Waals surface area contributed by atoms with Crippen molar-refractivity contribution in [3.63, 3.8) is 0 Å². The highest BCUT2D eigenvalue weighted by molar-refractivity contribution is 5.39. The number of hydrogen-bond donors (Lipinski definition) is 2. The molecule has 0 aliphatic heterocycles. The van der Waals surface area contributed by atoms with Gasteiger partial charge < -0.3 is 9.94 Å². The van der Waals surface area contributed by atoms with E-state index in [1.54, 1.807) is 18.2 Å². The molecule has 0 radical (unpaired) electrons. The molecule has 0 aliphatic rings. The number of hydrogen-bond acceptors (Lipinski definition) is 3. The summed E-state index contributed by atoms with van der Waals surface area (Å²) in [6, 6.07) is 5.06. The molecular formula is C11H16FNO2. The van der Waals surface area contributed by atoms with Crippen LogP contribution < -0.4 is 10.2 Å². The van der Waals surface area contributed by atoms with Gasteiger partial charge >= 0.3 is 0 Å². The van der Waals surface area contributed by atoms with Crippen LogP contribution in [0.5, 0.6) is 5.75 Å². The van der Waals surface area contributed by atoms with Gasteiger partial charge in [0.15, 0.2) is 0 Å². The Morgan fingerprint density at radius 1 is 1.47 bits per heavy atom. The molecule has 0 heterocycles. The summed E-state index contributed by atoms with van der Waals surface area (Å²) in [6.45, 7) is 3.21. The van der Waals surface area contributed by atoms with Crippen molar-refractivity contribution >= 4 is 0 Å². The Morgan fingerprint density at radius 3 is 2.60 bits per heavy atom. The highest BCUT2D eigenvalue weighted by atomic mass is 19.1. The third-order valence-electron chi connectivity index (χ3n) is 2.24. The Bertz CT molecular complexity index is 334. The highest BCUT2D eigenvalue weighted by Crippen LogP contribution is 2.29. The summed E-state index contributed by atoms with van der Waals surface area (Å²) < 4.78 is 18.7. The fourth-order valence-electron chi connectivity index (χ4n) is 1.37. The minimum absolute atomic E-state index is 0.229. The molecule has 0 atom stereocenters. The average Bonchev–Trinajstić information content (AvgIpc) is 2.17. The first-order valence-electron chi connectivity index (χ1n) is 4.72. The van der Waals surface area contributed by atoms with Crippen molar-refractivity contribution in [3.05, 3.63) is 29.3 Å². The quantitative estimate of drug-likeness (QED) is 0.754. The maximum Gasteiger partial charge on any atom is 0.130 e. The van der Waals surface area contributed by atoms with Gasteiger partial charge in [-0.25, -0.2) is 9.87 Å². The zero-order valence-electron chi connectivity index (χ0n) is 9.17. The SMILES string of the molecule is COc1ccc(C(C)(C)F)cc1CNO. The zero-order chi connectivity index (χ0) is 11.5. The van der Waals surface area contributed by atoms with Gasteiger partial charge in [-0.2, -0.15) is 0 Å². The van der Waals surface area contributed by atoms with Crippen LogP contribution in [0.2, 0.25) is 0 Å². The first-order chi connectivity index (χ1) is 6.99. The van der Waals surface area contributed by atoms with E-state index in [-0.39, 0.29) is 6.54 Å². The zero-order valence-corrected chi connectivity index (χ0v) is 9.17. The van der Waals surface area contributed by atoms with Crippen molar-refractivity contribution in [1.29, 1.82) is 0 Å². The second-order valence-electron chi connectivity index (χ2n) is 3.83. The lowest BCUT2D eigenvalue weighted by Gasteiger charge is -2.17. The van der Waals surface area contributed by atoms with Gasteiger partial charge in [-0.05, 0) is 31.5 Å². The smallest absolute Gasteiger partial charge is 0.130 e. The maximum atomic E-state index is 13.7. The molecule has 0 fully saturated rings. The van der Waals surface area contributed by atoms with E-state index in [1.807, 2.05) is 5.48 Å². The van der Waals surface area contributed by atoms with Crippen LogP contribution in [0.15, 0.2) is 18.2 Å². The van der Waals surface area contributed by atoms with Gasteiger partial charge in [-0.1, -0.05) is 6.07 Å². The standard InChI is InChI=1S/C11H16FNO2/c1-11(2,12)9-4-5-10(15-3)8(6-9)7-13-14/h4-6,13-14H,7H2,1-3H3. The third-order valence-corrected chi connectivity index (χ3v) is 2.24. The van der Waals surface area contributed by atoms with Crippen molar-refractivity contribution in [2.24, 2.45) is 0 Å². The van der Waals surface area contributed by atoms with Gasteiger partial charge in [0.25, 0.3) is 0 Å². The summed E-state index contributed by atoms with van der Waals surface area (Å²) in [6.07, 6.45) is 0. The van der Waals surface area contributed by atoms with E-state index in [4.69, 9.17) is 9.94 Å². The number of alkyl halides is 1. The molecular weight excluding hydrogens is 197 g/mol. The van der Waals surface area contributed by atoms with Gasteiger partial charge in [0.05, 0.1) is 7.11 Å². The molecule has 0 aromatic heterocycles. The molecule has 1 aromatic rings. The van der Waals surface area contributed by atoms with Gasteiger partial charge in [0.1, 0.15) is 11.4 Å². The third kappa shape index (κ3) is 2.91. The average molecular weight is 213 g/mol. The number of nitrogens with one attached hydrogen (secondary N) is 1. The van der Waals surface area contributed by atoms with Crippen LogP contribution >= 0.6 is 0 Å². The van der Waals surface area contributed by atoms with Crippen molar-refractivity contribution in [2.75, 3.05) is 7.11 Å². The van der Waals surface area contributed by atoms with Gasteiger partial charge in [0.2, 0.25) is 0 Å². The number of rotatable bonds is 4. The predicted octanol–water partition coefficient (Wildman–Crippen LogP) is 2.38. The lowest BCUT2D eigenvalue weighted by molar-refractivity contribution is 0.159. The molecule has 1 rings (SSSR count). The minimum Gasteiger partial charge on any atom is -0.496 e. The number of hydroxylamine groups is 1. The lowest BCUT2D eigenvalue weighted by atomic mass is 9.97. The Kier molecular flexibility index (Phi) is 3.66. The molecule has 0 aliphatic carbocycles. The summed E-state index contributed by atoms with van der Waals surface area (Å²) in [5, 5.41) is 8.63. The highest BCUT2D eigenvalue weighted by Gasteiger charge is 2.19. The number of ether oxygens (including phenoxy) is 1. The second kappa shape index (κ2) is 4.59. The molecule has 4 heteroatoms. The van der Waals surface area contributed by atoms with E-state index in [2.05, 4.69) is 0 Å². The first-order valence-corrected chi connectivity index (χ1v) is 4.72. The summed E-state index contributed by atoms with van der Waals surface area (Å²) in [5.41, 5.74) is 1.93. The largest absolute Gasteiger partial charge is 0.496 e. The molecule has 0 saturated heterocycles. The Balaban J connectivity index is 3.10. The monoisotopic (exact) mass is 213 g/mol. The van der Waals surface area contributed by atoms with Crippen LogP contribution in [0.4, 0.5) is 4.39 Å². The topological polar surface area (TPSA) is 41.5 Å². The van der Waals surface area contributed by atoms with E-state index in [0.29, 0.717) is 11.3 Å². The molecule has 1 aromatic carbocycles. The van der Waals surface area contributed by atoms with Gasteiger partial charge in [-0.15, -0.1) is 0 Å². The molecule has 15 heavy (non-hydrogen) atoms. The summed E-state index contributed by atoms with van der Waals surface area (Å²) in [5.74, 6) is 0.629. The van der Waals surface area contributed by atoms with E-state index in [0.717, 1.165) is 5.56 Å². The van der Waals surface area contributed by atoms with Crippen LogP contribution in [-0.2, 0) is 12.2 Å². The molecule has 84 valence electrons. The Morgan fingerprint density at radius 2 is 2.13 bits per heavy atom. The van der Waals surface area contributed by atoms with Crippen LogP contribution in [0.1, 0.15) is 25.0 Å². The molecule has 3 nitrogen and oxygen atoms in total. The Hall–Kier alpha value is -1.13. The van der Waals surface area contributed by atoms with E-state index < -0.39 is 5.67 Å². The minimum atomic E-state index is -1.39. The second-order valence-corrected chi connectivity index (χ2v) is 3.83. The summed E-state index contributed by atoms with van der Waals surface area (Å²) in [4.78, 5) is 0.